The minimum Gasteiger partial charge on any atom is -0.476 e. The molecule has 1 aromatic heterocycles. The SMILES string of the molecule is CCCOc1nc(CC)nc(NC(C)(C)CC(C)(C)C)c1N. The first-order chi connectivity index (χ1) is 10.1. The highest BCUT2D eigenvalue weighted by atomic mass is 16.5. The van der Waals surface area contributed by atoms with Crippen LogP contribution < -0.4 is 15.8 Å². The molecule has 0 saturated carbocycles. The molecule has 0 aromatic carbocycles. The fourth-order valence-electron chi connectivity index (χ4n) is 2.75. The van der Waals surface area contributed by atoms with Gasteiger partial charge in [-0.15, -0.1) is 0 Å². The molecule has 1 heterocycles. The van der Waals surface area contributed by atoms with Gasteiger partial charge < -0.3 is 15.8 Å². The number of aromatic nitrogens is 2. The second kappa shape index (κ2) is 7.16. The largest absolute Gasteiger partial charge is 0.476 e. The maximum atomic E-state index is 6.21. The second-order valence-corrected chi connectivity index (χ2v) is 7.66. The molecule has 22 heavy (non-hydrogen) atoms. The van der Waals surface area contributed by atoms with E-state index in [4.69, 9.17) is 10.5 Å². The Morgan fingerprint density at radius 1 is 1.09 bits per heavy atom. The van der Waals surface area contributed by atoms with E-state index in [1.54, 1.807) is 0 Å². The number of hydrogen-bond donors (Lipinski definition) is 2. The predicted molar refractivity (Wildman–Crippen MR) is 93.4 cm³/mol. The van der Waals surface area contributed by atoms with Gasteiger partial charge in [-0.3, -0.25) is 0 Å². The maximum Gasteiger partial charge on any atom is 0.242 e. The van der Waals surface area contributed by atoms with Crippen LogP contribution in [0.5, 0.6) is 5.88 Å². The van der Waals surface area contributed by atoms with Crippen molar-refractivity contribution in [3.63, 3.8) is 0 Å². The van der Waals surface area contributed by atoms with Gasteiger partial charge in [-0.25, -0.2) is 4.98 Å². The third-order valence-electron chi connectivity index (χ3n) is 3.15. The maximum absolute atomic E-state index is 6.21. The van der Waals surface area contributed by atoms with Crippen molar-refractivity contribution in [2.45, 2.75) is 73.3 Å². The minimum absolute atomic E-state index is 0.117. The summed E-state index contributed by atoms with van der Waals surface area (Å²) in [6, 6.07) is 0. The van der Waals surface area contributed by atoms with E-state index in [0.29, 0.717) is 24.0 Å². The quantitative estimate of drug-likeness (QED) is 0.795. The number of nitrogens with one attached hydrogen (secondary N) is 1. The highest BCUT2D eigenvalue weighted by molar-refractivity contribution is 5.67. The Bertz CT molecular complexity index is 492. The number of rotatable bonds is 7. The van der Waals surface area contributed by atoms with Gasteiger partial charge in [0.25, 0.3) is 0 Å². The van der Waals surface area contributed by atoms with Gasteiger partial charge in [-0.1, -0.05) is 34.6 Å². The number of nitrogens with two attached hydrogens (primary N) is 1. The second-order valence-electron chi connectivity index (χ2n) is 7.66. The molecule has 1 aromatic rings. The number of aryl methyl sites for hydroxylation is 1. The minimum atomic E-state index is -0.117. The van der Waals surface area contributed by atoms with Crippen molar-refractivity contribution >= 4 is 11.5 Å². The molecule has 126 valence electrons. The summed E-state index contributed by atoms with van der Waals surface area (Å²) in [4.78, 5) is 8.94. The predicted octanol–water partition coefficient (Wildman–Crippen LogP) is 4.04. The van der Waals surface area contributed by atoms with E-state index in [-0.39, 0.29) is 11.0 Å². The van der Waals surface area contributed by atoms with Gasteiger partial charge in [0.1, 0.15) is 11.5 Å². The third kappa shape index (κ3) is 5.70. The van der Waals surface area contributed by atoms with Crippen molar-refractivity contribution in [2.75, 3.05) is 17.7 Å². The van der Waals surface area contributed by atoms with Gasteiger partial charge in [0, 0.05) is 12.0 Å². The summed E-state index contributed by atoms with van der Waals surface area (Å²) in [5.41, 5.74) is 6.80. The van der Waals surface area contributed by atoms with Crippen molar-refractivity contribution in [1.82, 2.24) is 9.97 Å². The monoisotopic (exact) mass is 308 g/mol. The zero-order valence-corrected chi connectivity index (χ0v) is 15.2. The summed E-state index contributed by atoms with van der Waals surface area (Å²) in [6.45, 7) is 15.7. The van der Waals surface area contributed by atoms with Crippen molar-refractivity contribution in [1.29, 1.82) is 0 Å². The normalized spacial score (nSPS) is 12.3. The number of anilines is 2. The Labute approximate surface area is 135 Å². The zero-order chi connectivity index (χ0) is 17.0. The van der Waals surface area contributed by atoms with E-state index in [1.807, 2.05) is 6.92 Å². The van der Waals surface area contributed by atoms with Crippen LogP contribution in [-0.2, 0) is 6.42 Å². The third-order valence-corrected chi connectivity index (χ3v) is 3.15. The summed E-state index contributed by atoms with van der Waals surface area (Å²) < 4.78 is 5.67. The molecule has 0 aliphatic heterocycles. The molecule has 0 aliphatic carbocycles. The molecule has 0 saturated heterocycles. The van der Waals surface area contributed by atoms with E-state index >= 15 is 0 Å². The number of ether oxygens (including phenoxy) is 1. The van der Waals surface area contributed by atoms with E-state index in [9.17, 15) is 0 Å². The van der Waals surface area contributed by atoms with Crippen LogP contribution in [-0.4, -0.2) is 22.1 Å². The van der Waals surface area contributed by atoms with Crippen LogP contribution in [0.15, 0.2) is 0 Å². The molecule has 0 unspecified atom stereocenters. The molecular formula is C17H32N4O. The lowest BCUT2D eigenvalue weighted by atomic mass is 9.82. The van der Waals surface area contributed by atoms with Crippen LogP contribution in [0.2, 0.25) is 0 Å². The summed E-state index contributed by atoms with van der Waals surface area (Å²) in [7, 11) is 0. The molecular weight excluding hydrogens is 276 g/mol. The smallest absolute Gasteiger partial charge is 0.242 e. The van der Waals surface area contributed by atoms with Crippen LogP contribution in [0.3, 0.4) is 0 Å². The zero-order valence-electron chi connectivity index (χ0n) is 15.2. The summed E-state index contributed by atoms with van der Waals surface area (Å²) in [5.74, 6) is 1.91. The first kappa shape index (κ1) is 18.5. The van der Waals surface area contributed by atoms with E-state index in [2.05, 4.69) is 56.8 Å². The topological polar surface area (TPSA) is 73.1 Å². The molecule has 1 rings (SSSR count). The van der Waals surface area contributed by atoms with Crippen molar-refractivity contribution < 1.29 is 4.74 Å². The summed E-state index contributed by atoms with van der Waals surface area (Å²) in [6.07, 6.45) is 2.66. The molecule has 0 atom stereocenters. The lowest BCUT2D eigenvalue weighted by molar-refractivity contribution is 0.300. The van der Waals surface area contributed by atoms with Crippen LogP contribution in [0.25, 0.3) is 0 Å². The standard InChI is InChI=1S/C17H32N4O/c1-8-10-22-15-13(18)14(19-12(9-2)20-15)21-17(6,7)11-16(3,4)5/h8-11,18H2,1-7H3,(H,19,20,21). The molecule has 0 spiro atoms. The van der Waals surface area contributed by atoms with Crippen molar-refractivity contribution in [3.05, 3.63) is 5.82 Å². The van der Waals surface area contributed by atoms with Gasteiger partial charge in [0.2, 0.25) is 5.88 Å². The first-order valence-electron chi connectivity index (χ1n) is 8.15. The van der Waals surface area contributed by atoms with E-state index < -0.39 is 0 Å². The molecule has 5 heteroatoms. The van der Waals surface area contributed by atoms with Crippen molar-refractivity contribution in [2.24, 2.45) is 5.41 Å². The van der Waals surface area contributed by atoms with Crippen LogP contribution in [0.1, 0.15) is 67.1 Å². The molecule has 0 aliphatic rings. The molecule has 0 bridgehead atoms. The van der Waals surface area contributed by atoms with E-state index in [1.165, 1.54) is 0 Å². The average Bonchev–Trinajstić information content (AvgIpc) is 2.36. The molecule has 0 amide bonds. The van der Waals surface area contributed by atoms with E-state index in [0.717, 1.165) is 25.1 Å². The average molecular weight is 308 g/mol. The highest BCUT2D eigenvalue weighted by Crippen LogP contribution is 2.33. The fraction of sp³-hybridized carbons (Fsp3) is 0.765. The van der Waals surface area contributed by atoms with Gasteiger partial charge >= 0.3 is 0 Å². The molecule has 0 radical (unpaired) electrons. The Hall–Kier alpha value is -1.52. The molecule has 5 nitrogen and oxygen atoms in total. The highest BCUT2D eigenvalue weighted by Gasteiger charge is 2.27. The summed E-state index contributed by atoms with van der Waals surface area (Å²) >= 11 is 0. The van der Waals surface area contributed by atoms with Gasteiger partial charge in [0.15, 0.2) is 5.82 Å². The summed E-state index contributed by atoms with van der Waals surface area (Å²) in [5, 5.41) is 3.48. The lowest BCUT2D eigenvalue weighted by Crippen LogP contribution is -2.36. The number of hydrogen-bond acceptors (Lipinski definition) is 5. The van der Waals surface area contributed by atoms with Crippen LogP contribution >= 0.6 is 0 Å². The Morgan fingerprint density at radius 2 is 1.73 bits per heavy atom. The van der Waals surface area contributed by atoms with Crippen LogP contribution in [0.4, 0.5) is 11.5 Å². The Kier molecular flexibility index (Phi) is 6.03. The number of nitrogen functional groups attached to an aromatic ring is 1. The first-order valence-corrected chi connectivity index (χ1v) is 8.15. The van der Waals surface area contributed by atoms with Gasteiger partial charge in [0.05, 0.1) is 6.61 Å². The van der Waals surface area contributed by atoms with Gasteiger partial charge in [-0.05, 0) is 32.1 Å². The molecule has 3 N–H and O–H groups in total. The Balaban J connectivity index is 3.07. The Morgan fingerprint density at radius 3 is 2.23 bits per heavy atom. The lowest BCUT2D eigenvalue weighted by Gasteiger charge is -2.34. The van der Waals surface area contributed by atoms with Crippen molar-refractivity contribution in [3.8, 4) is 5.88 Å². The molecule has 0 fully saturated rings. The number of nitrogens with zero attached hydrogens (tertiary/aromatic N) is 2. The fourth-order valence-corrected chi connectivity index (χ4v) is 2.75. The van der Waals surface area contributed by atoms with Crippen LogP contribution in [0, 0.1) is 5.41 Å². The van der Waals surface area contributed by atoms with Gasteiger partial charge in [-0.2, -0.15) is 4.98 Å².